The van der Waals surface area contributed by atoms with Crippen LogP contribution in [0.15, 0.2) is 0 Å². The maximum atomic E-state index is 11.9. The summed E-state index contributed by atoms with van der Waals surface area (Å²) in [5.41, 5.74) is 0. The summed E-state index contributed by atoms with van der Waals surface area (Å²) >= 11 is 0. The van der Waals surface area contributed by atoms with Crippen LogP contribution in [0.1, 0.15) is 6.42 Å². The van der Waals surface area contributed by atoms with Gasteiger partial charge in [-0.15, -0.1) is 0 Å². The number of carbonyl (C=O) groups is 1. The quantitative estimate of drug-likeness (QED) is 0.615. The van der Waals surface area contributed by atoms with Crippen molar-refractivity contribution in [1.82, 2.24) is 10.6 Å². The van der Waals surface area contributed by atoms with Crippen LogP contribution >= 0.6 is 0 Å². The van der Waals surface area contributed by atoms with Gasteiger partial charge in [0.2, 0.25) is 6.43 Å². The number of alkyl halides is 2. The second kappa shape index (κ2) is 3.02. The predicted molar refractivity (Wildman–Crippen MR) is 35.5 cm³/mol. The molecule has 0 aliphatic heterocycles. The van der Waals surface area contributed by atoms with Crippen LogP contribution in [0.4, 0.5) is 13.6 Å². The van der Waals surface area contributed by atoms with Crippen LogP contribution < -0.4 is 10.6 Å². The standard InChI is InChI=1S/C6H10F2N2O/c1-9-6(11)10-4-2-3(4)5(7)8/h3-5H,2H2,1H3,(H2,9,10,11)/t3-,4-/m0/s1. The first-order valence-corrected chi connectivity index (χ1v) is 3.41. The molecule has 64 valence electrons. The van der Waals surface area contributed by atoms with Crippen molar-refractivity contribution in [1.29, 1.82) is 0 Å². The number of carbonyl (C=O) groups excluding carboxylic acids is 1. The van der Waals surface area contributed by atoms with Gasteiger partial charge >= 0.3 is 6.03 Å². The second-order valence-electron chi connectivity index (χ2n) is 2.56. The number of amides is 2. The molecule has 0 aromatic carbocycles. The molecular formula is C6H10F2N2O. The van der Waals surface area contributed by atoms with Crippen molar-refractivity contribution >= 4 is 6.03 Å². The van der Waals surface area contributed by atoms with Gasteiger partial charge in [-0.25, -0.2) is 13.6 Å². The number of nitrogens with one attached hydrogen (secondary N) is 2. The van der Waals surface area contributed by atoms with Crippen LogP contribution in [-0.2, 0) is 0 Å². The van der Waals surface area contributed by atoms with Gasteiger partial charge < -0.3 is 10.6 Å². The third kappa shape index (κ3) is 2.03. The zero-order chi connectivity index (χ0) is 8.43. The highest BCUT2D eigenvalue weighted by Gasteiger charge is 2.44. The fourth-order valence-electron chi connectivity index (χ4n) is 0.900. The minimum Gasteiger partial charge on any atom is -0.341 e. The third-order valence-corrected chi connectivity index (χ3v) is 1.71. The van der Waals surface area contributed by atoms with E-state index in [1.807, 2.05) is 0 Å². The van der Waals surface area contributed by atoms with Gasteiger partial charge in [0.15, 0.2) is 0 Å². The van der Waals surface area contributed by atoms with Crippen LogP contribution in [0.2, 0.25) is 0 Å². The molecule has 0 radical (unpaired) electrons. The van der Waals surface area contributed by atoms with Crippen molar-refractivity contribution in [3.8, 4) is 0 Å². The van der Waals surface area contributed by atoms with Gasteiger partial charge in [0, 0.05) is 19.0 Å². The second-order valence-corrected chi connectivity index (χ2v) is 2.56. The first-order valence-electron chi connectivity index (χ1n) is 3.41. The molecule has 0 unspecified atom stereocenters. The Hall–Kier alpha value is -0.870. The SMILES string of the molecule is CNC(=O)N[C@H]1C[C@@H]1C(F)F. The van der Waals surface area contributed by atoms with Crippen LogP contribution in [0.5, 0.6) is 0 Å². The number of halogens is 2. The molecule has 0 bridgehead atoms. The predicted octanol–water partition coefficient (Wildman–Crippen LogP) is 0.569. The number of hydrogen-bond donors (Lipinski definition) is 2. The van der Waals surface area contributed by atoms with E-state index in [0.29, 0.717) is 6.42 Å². The molecule has 0 saturated heterocycles. The van der Waals surface area contributed by atoms with Crippen molar-refractivity contribution in [3.63, 3.8) is 0 Å². The van der Waals surface area contributed by atoms with Crippen LogP contribution in [0, 0.1) is 5.92 Å². The van der Waals surface area contributed by atoms with Crippen LogP contribution in [0.25, 0.3) is 0 Å². The lowest BCUT2D eigenvalue weighted by molar-refractivity contribution is 0.119. The number of urea groups is 1. The zero-order valence-electron chi connectivity index (χ0n) is 6.10. The van der Waals surface area contributed by atoms with Crippen molar-refractivity contribution in [3.05, 3.63) is 0 Å². The van der Waals surface area contributed by atoms with Gasteiger partial charge in [0.25, 0.3) is 0 Å². The smallest absolute Gasteiger partial charge is 0.314 e. The average molecular weight is 164 g/mol. The maximum Gasteiger partial charge on any atom is 0.314 e. The van der Waals surface area contributed by atoms with E-state index in [-0.39, 0.29) is 6.04 Å². The van der Waals surface area contributed by atoms with E-state index in [1.165, 1.54) is 7.05 Å². The van der Waals surface area contributed by atoms with Gasteiger partial charge in [-0.05, 0) is 6.42 Å². The van der Waals surface area contributed by atoms with Crippen LogP contribution in [-0.4, -0.2) is 25.5 Å². The van der Waals surface area contributed by atoms with Crippen molar-refractivity contribution < 1.29 is 13.6 Å². The molecule has 5 heteroatoms. The highest BCUT2D eigenvalue weighted by molar-refractivity contribution is 5.74. The molecule has 0 aromatic rings. The lowest BCUT2D eigenvalue weighted by Crippen LogP contribution is -2.35. The highest BCUT2D eigenvalue weighted by Crippen LogP contribution is 2.35. The molecular weight excluding hydrogens is 154 g/mol. The molecule has 0 heterocycles. The Morgan fingerprint density at radius 1 is 1.64 bits per heavy atom. The zero-order valence-corrected chi connectivity index (χ0v) is 6.10. The Bertz CT molecular complexity index is 163. The summed E-state index contributed by atoms with van der Waals surface area (Å²) in [7, 11) is 1.45. The Kier molecular flexibility index (Phi) is 2.26. The summed E-state index contributed by atoms with van der Waals surface area (Å²) in [5.74, 6) is -0.632. The minimum absolute atomic E-state index is 0.324. The molecule has 2 atom stereocenters. The average Bonchev–Trinajstić information content (AvgIpc) is 2.67. The topological polar surface area (TPSA) is 41.1 Å². The van der Waals surface area contributed by atoms with Gasteiger partial charge in [-0.3, -0.25) is 0 Å². The molecule has 0 aromatic heterocycles. The molecule has 0 spiro atoms. The molecule has 3 nitrogen and oxygen atoms in total. The fourth-order valence-corrected chi connectivity index (χ4v) is 0.900. The summed E-state index contributed by atoms with van der Waals surface area (Å²) in [6.45, 7) is 0. The van der Waals surface area contributed by atoms with Crippen LogP contribution in [0.3, 0.4) is 0 Å². The van der Waals surface area contributed by atoms with Crippen molar-refractivity contribution in [2.75, 3.05) is 7.05 Å². The summed E-state index contributed by atoms with van der Waals surface area (Å²) in [6.07, 6.45) is -1.91. The van der Waals surface area contributed by atoms with Gasteiger partial charge in [0.05, 0.1) is 0 Å². The van der Waals surface area contributed by atoms with Gasteiger partial charge in [0.1, 0.15) is 0 Å². The first kappa shape index (κ1) is 8.23. The molecule has 1 saturated carbocycles. The largest absolute Gasteiger partial charge is 0.341 e. The van der Waals surface area contributed by atoms with E-state index < -0.39 is 18.4 Å². The lowest BCUT2D eigenvalue weighted by Gasteiger charge is -2.01. The Labute approximate surface area is 63.2 Å². The summed E-state index contributed by atoms with van der Waals surface area (Å²) in [4.78, 5) is 10.6. The van der Waals surface area contributed by atoms with E-state index in [0.717, 1.165) is 0 Å². The Balaban J connectivity index is 2.18. The maximum absolute atomic E-state index is 11.9. The first-order chi connectivity index (χ1) is 5.15. The molecule has 2 N–H and O–H groups in total. The molecule has 1 aliphatic carbocycles. The highest BCUT2D eigenvalue weighted by atomic mass is 19.3. The summed E-state index contributed by atoms with van der Waals surface area (Å²) in [5, 5.41) is 4.71. The van der Waals surface area contributed by atoms with Gasteiger partial charge in [-0.2, -0.15) is 0 Å². The number of hydrogen-bond acceptors (Lipinski definition) is 1. The van der Waals surface area contributed by atoms with Crippen molar-refractivity contribution in [2.45, 2.75) is 18.9 Å². The summed E-state index contributed by atoms with van der Waals surface area (Å²) < 4.78 is 23.7. The van der Waals surface area contributed by atoms with Gasteiger partial charge in [-0.1, -0.05) is 0 Å². The summed E-state index contributed by atoms with van der Waals surface area (Å²) in [6, 6.07) is -0.715. The molecule has 2 amide bonds. The lowest BCUT2D eigenvalue weighted by atomic mass is 10.4. The third-order valence-electron chi connectivity index (χ3n) is 1.71. The van der Waals surface area contributed by atoms with E-state index >= 15 is 0 Å². The van der Waals surface area contributed by atoms with E-state index in [9.17, 15) is 13.6 Å². The van der Waals surface area contributed by atoms with E-state index in [2.05, 4.69) is 10.6 Å². The number of rotatable bonds is 2. The molecule has 1 rings (SSSR count). The molecule has 11 heavy (non-hydrogen) atoms. The minimum atomic E-state index is -2.31. The normalized spacial score (nSPS) is 28.4. The van der Waals surface area contributed by atoms with E-state index in [1.54, 1.807) is 0 Å². The Morgan fingerprint density at radius 2 is 2.27 bits per heavy atom. The molecule has 1 aliphatic rings. The monoisotopic (exact) mass is 164 g/mol. The molecule has 1 fully saturated rings. The Morgan fingerprint density at radius 3 is 2.64 bits per heavy atom. The van der Waals surface area contributed by atoms with E-state index in [4.69, 9.17) is 0 Å². The van der Waals surface area contributed by atoms with Crippen molar-refractivity contribution in [2.24, 2.45) is 5.92 Å². The fraction of sp³-hybridized carbons (Fsp3) is 0.833.